The molecule has 0 aliphatic carbocycles. The second kappa shape index (κ2) is 10.9. The number of hydrogen-bond donors (Lipinski definition) is 1. The van der Waals surface area contributed by atoms with E-state index in [0.717, 1.165) is 44.7 Å². The van der Waals surface area contributed by atoms with Crippen LogP contribution >= 0.6 is 35.7 Å². The molecule has 4 nitrogen and oxygen atoms in total. The first-order chi connectivity index (χ1) is 9.83. The molecule has 1 N–H and O–H groups in total. The number of halogens is 1. The molecule has 0 bridgehead atoms. The van der Waals surface area contributed by atoms with Gasteiger partial charge in [-0.3, -0.25) is 4.99 Å². The molecule has 124 valence electrons. The molecular formula is C15H30IN3OS. The maximum atomic E-state index is 5.28. The zero-order valence-electron chi connectivity index (χ0n) is 13.3. The Morgan fingerprint density at radius 2 is 2.05 bits per heavy atom. The highest BCUT2D eigenvalue weighted by Gasteiger charge is 2.25. The summed E-state index contributed by atoms with van der Waals surface area (Å²) in [5, 5.41) is 3.46. The van der Waals surface area contributed by atoms with Gasteiger partial charge in [-0.15, -0.1) is 24.0 Å². The fourth-order valence-electron chi connectivity index (χ4n) is 2.97. The second-order valence-electron chi connectivity index (χ2n) is 5.81. The maximum absolute atomic E-state index is 5.28. The average molecular weight is 427 g/mol. The van der Waals surface area contributed by atoms with Crippen molar-refractivity contribution in [2.45, 2.75) is 26.2 Å². The number of rotatable bonds is 5. The van der Waals surface area contributed by atoms with Crippen molar-refractivity contribution in [3.8, 4) is 0 Å². The summed E-state index contributed by atoms with van der Waals surface area (Å²) in [6, 6.07) is 0. The third-order valence-electron chi connectivity index (χ3n) is 4.16. The molecule has 6 heteroatoms. The van der Waals surface area contributed by atoms with Crippen molar-refractivity contribution in [3.05, 3.63) is 0 Å². The molecule has 2 saturated heterocycles. The molecule has 0 spiro atoms. The molecule has 2 aliphatic rings. The minimum atomic E-state index is 0. The zero-order valence-corrected chi connectivity index (χ0v) is 16.5. The molecule has 0 aromatic rings. The van der Waals surface area contributed by atoms with Gasteiger partial charge in [0.05, 0.1) is 6.61 Å². The van der Waals surface area contributed by atoms with Crippen LogP contribution in [0.5, 0.6) is 0 Å². The Morgan fingerprint density at radius 3 is 2.71 bits per heavy atom. The Labute approximate surface area is 150 Å². The molecule has 2 rings (SSSR count). The standard InChI is InChI=1S/C15H29N3OS.HI/c1-3-16-15(17-10-13-5-8-20-9-6-13)18-7-4-14(11-18)12-19-2;/h13-14H,3-12H2,1-2H3,(H,16,17);1H. The van der Waals surface area contributed by atoms with Gasteiger partial charge in [-0.1, -0.05) is 0 Å². The van der Waals surface area contributed by atoms with Gasteiger partial charge in [0.25, 0.3) is 0 Å². The van der Waals surface area contributed by atoms with E-state index in [1.807, 2.05) is 0 Å². The Morgan fingerprint density at radius 1 is 1.29 bits per heavy atom. The normalized spacial score (nSPS) is 24.0. The summed E-state index contributed by atoms with van der Waals surface area (Å²) in [5.74, 6) is 5.20. The lowest BCUT2D eigenvalue weighted by atomic mass is 10.0. The van der Waals surface area contributed by atoms with Crippen molar-refractivity contribution in [1.82, 2.24) is 10.2 Å². The average Bonchev–Trinajstić information content (AvgIpc) is 2.93. The van der Waals surface area contributed by atoms with Crippen LogP contribution in [-0.2, 0) is 4.74 Å². The lowest BCUT2D eigenvalue weighted by Gasteiger charge is -2.24. The summed E-state index contributed by atoms with van der Waals surface area (Å²) in [6.07, 6.45) is 3.89. The number of likely N-dealkylation sites (tertiary alicyclic amines) is 1. The summed E-state index contributed by atoms with van der Waals surface area (Å²) < 4.78 is 5.28. The van der Waals surface area contributed by atoms with E-state index in [4.69, 9.17) is 9.73 Å². The van der Waals surface area contributed by atoms with E-state index in [1.54, 1.807) is 7.11 Å². The van der Waals surface area contributed by atoms with Crippen molar-refractivity contribution in [1.29, 1.82) is 0 Å². The lowest BCUT2D eigenvalue weighted by molar-refractivity contribution is 0.157. The van der Waals surface area contributed by atoms with Gasteiger partial charge in [-0.2, -0.15) is 11.8 Å². The number of aliphatic imine (C=N–C) groups is 1. The van der Waals surface area contributed by atoms with Crippen molar-refractivity contribution >= 4 is 41.7 Å². The minimum absolute atomic E-state index is 0. The topological polar surface area (TPSA) is 36.9 Å². The van der Waals surface area contributed by atoms with Gasteiger partial charge < -0.3 is 15.0 Å². The van der Waals surface area contributed by atoms with E-state index >= 15 is 0 Å². The third kappa shape index (κ3) is 6.52. The van der Waals surface area contributed by atoms with Gasteiger partial charge in [0.1, 0.15) is 0 Å². The molecular weight excluding hydrogens is 397 g/mol. The van der Waals surface area contributed by atoms with Crippen LogP contribution in [0.4, 0.5) is 0 Å². The van der Waals surface area contributed by atoms with Gasteiger partial charge in [-0.05, 0) is 43.6 Å². The molecule has 0 amide bonds. The first kappa shape index (κ1) is 19.4. The van der Waals surface area contributed by atoms with Crippen LogP contribution in [0.1, 0.15) is 26.2 Å². The van der Waals surface area contributed by atoms with Crippen LogP contribution in [0.15, 0.2) is 4.99 Å². The molecule has 2 fully saturated rings. The van der Waals surface area contributed by atoms with E-state index in [2.05, 4.69) is 28.9 Å². The predicted molar refractivity (Wildman–Crippen MR) is 103 cm³/mol. The number of nitrogens with zero attached hydrogens (tertiary/aromatic N) is 2. The van der Waals surface area contributed by atoms with Gasteiger partial charge in [-0.25, -0.2) is 0 Å². The lowest BCUT2D eigenvalue weighted by Crippen LogP contribution is -2.40. The largest absolute Gasteiger partial charge is 0.384 e. The van der Waals surface area contributed by atoms with Crippen molar-refractivity contribution in [2.75, 3.05) is 51.4 Å². The number of guanidine groups is 1. The van der Waals surface area contributed by atoms with Gasteiger partial charge >= 0.3 is 0 Å². The van der Waals surface area contributed by atoms with Crippen molar-refractivity contribution < 1.29 is 4.74 Å². The summed E-state index contributed by atoms with van der Waals surface area (Å²) in [4.78, 5) is 7.30. The molecule has 21 heavy (non-hydrogen) atoms. The smallest absolute Gasteiger partial charge is 0.193 e. The van der Waals surface area contributed by atoms with Crippen LogP contribution in [0, 0.1) is 11.8 Å². The SMILES string of the molecule is CCNC(=NCC1CCSCC1)N1CCC(COC)C1.I. The molecule has 1 atom stereocenters. The Bertz CT molecular complexity index is 311. The summed E-state index contributed by atoms with van der Waals surface area (Å²) >= 11 is 2.09. The van der Waals surface area contributed by atoms with E-state index in [-0.39, 0.29) is 24.0 Å². The number of hydrogen-bond acceptors (Lipinski definition) is 3. The van der Waals surface area contributed by atoms with Crippen LogP contribution in [0.2, 0.25) is 0 Å². The molecule has 2 heterocycles. The highest BCUT2D eigenvalue weighted by atomic mass is 127. The first-order valence-electron chi connectivity index (χ1n) is 7.93. The number of thioether (sulfide) groups is 1. The molecule has 0 aromatic carbocycles. The van der Waals surface area contributed by atoms with Gasteiger partial charge in [0.2, 0.25) is 0 Å². The molecule has 0 saturated carbocycles. The molecule has 2 aliphatic heterocycles. The Hall–Kier alpha value is 0.310. The van der Waals surface area contributed by atoms with Crippen LogP contribution < -0.4 is 5.32 Å². The monoisotopic (exact) mass is 427 g/mol. The minimum Gasteiger partial charge on any atom is -0.384 e. The molecule has 0 radical (unpaired) electrons. The van der Waals surface area contributed by atoms with E-state index in [9.17, 15) is 0 Å². The fraction of sp³-hybridized carbons (Fsp3) is 0.933. The predicted octanol–water partition coefficient (Wildman–Crippen LogP) is 2.68. The van der Waals surface area contributed by atoms with Crippen LogP contribution in [-0.4, -0.2) is 62.3 Å². The third-order valence-corrected chi connectivity index (χ3v) is 5.21. The summed E-state index contributed by atoms with van der Waals surface area (Å²) in [5.41, 5.74) is 0. The second-order valence-corrected chi connectivity index (χ2v) is 7.03. The Kier molecular flexibility index (Phi) is 10.1. The fourth-order valence-corrected chi connectivity index (χ4v) is 4.17. The first-order valence-corrected chi connectivity index (χ1v) is 9.09. The van der Waals surface area contributed by atoms with Crippen LogP contribution in [0.3, 0.4) is 0 Å². The van der Waals surface area contributed by atoms with Crippen molar-refractivity contribution in [2.24, 2.45) is 16.8 Å². The summed E-state index contributed by atoms with van der Waals surface area (Å²) in [6.45, 7) is 7.16. The highest BCUT2D eigenvalue weighted by Crippen LogP contribution is 2.23. The van der Waals surface area contributed by atoms with Gasteiger partial charge in [0.15, 0.2) is 5.96 Å². The molecule has 0 aromatic heterocycles. The van der Waals surface area contributed by atoms with E-state index in [1.165, 1.54) is 30.8 Å². The summed E-state index contributed by atoms with van der Waals surface area (Å²) in [7, 11) is 1.79. The maximum Gasteiger partial charge on any atom is 0.193 e. The van der Waals surface area contributed by atoms with Crippen molar-refractivity contribution in [3.63, 3.8) is 0 Å². The van der Waals surface area contributed by atoms with E-state index in [0.29, 0.717) is 5.92 Å². The Balaban J connectivity index is 0.00000220. The number of ether oxygens (including phenoxy) is 1. The van der Waals surface area contributed by atoms with Crippen LogP contribution in [0.25, 0.3) is 0 Å². The van der Waals surface area contributed by atoms with E-state index < -0.39 is 0 Å². The van der Waals surface area contributed by atoms with Gasteiger partial charge in [0, 0.05) is 39.2 Å². The highest BCUT2D eigenvalue weighted by molar-refractivity contribution is 14.0. The quantitative estimate of drug-likeness (QED) is 0.416. The molecule has 1 unspecified atom stereocenters. The number of methoxy groups -OCH3 is 1. The number of nitrogens with one attached hydrogen (secondary N) is 1. The zero-order chi connectivity index (χ0) is 14.2.